The van der Waals surface area contributed by atoms with Gasteiger partial charge in [-0.05, 0) is 91.5 Å². The molecule has 4 rings (SSSR count). The molecule has 0 saturated heterocycles. The van der Waals surface area contributed by atoms with Gasteiger partial charge in [-0.3, -0.25) is 0 Å². The molecular formula is C34H42N2O4. The third-order valence-electron chi connectivity index (χ3n) is 7.69. The molecule has 1 unspecified atom stereocenters. The summed E-state index contributed by atoms with van der Waals surface area (Å²) < 4.78 is 11.0. The molecule has 0 radical (unpaired) electrons. The van der Waals surface area contributed by atoms with Gasteiger partial charge in [0.25, 0.3) is 0 Å². The van der Waals surface area contributed by atoms with Crippen LogP contribution in [0, 0.1) is 0 Å². The van der Waals surface area contributed by atoms with Gasteiger partial charge in [-0.25, -0.2) is 9.59 Å². The van der Waals surface area contributed by atoms with Crippen LogP contribution >= 0.6 is 0 Å². The molecule has 3 aromatic rings. The lowest BCUT2D eigenvalue weighted by Crippen LogP contribution is -2.39. The van der Waals surface area contributed by atoms with Gasteiger partial charge in [0.15, 0.2) is 5.60 Å². The van der Waals surface area contributed by atoms with Crippen LogP contribution in [0.4, 0.5) is 4.79 Å². The minimum Gasteiger partial charge on any atom is -0.476 e. The molecule has 2 amide bonds. The number of benzene rings is 3. The Balaban J connectivity index is 1.47. The summed E-state index contributed by atoms with van der Waals surface area (Å²) in [7, 11) is 0. The highest BCUT2D eigenvalue weighted by molar-refractivity contribution is 5.80. The number of esters is 1. The molecule has 0 bridgehead atoms. The van der Waals surface area contributed by atoms with E-state index in [0.29, 0.717) is 31.4 Å². The Morgan fingerprint density at radius 3 is 2.38 bits per heavy atom. The molecule has 3 aromatic carbocycles. The molecule has 0 heterocycles. The van der Waals surface area contributed by atoms with E-state index in [-0.39, 0.29) is 0 Å². The number of fused-ring (bicyclic) bond motifs is 3. The highest BCUT2D eigenvalue weighted by atomic mass is 16.6. The summed E-state index contributed by atoms with van der Waals surface area (Å²) >= 11 is 0. The van der Waals surface area contributed by atoms with Crippen LogP contribution in [0.15, 0.2) is 66.7 Å². The van der Waals surface area contributed by atoms with Gasteiger partial charge in [0.05, 0.1) is 6.61 Å². The molecule has 0 fully saturated rings. The fraction of sp³-hybridized carbons (Fsp3) is 0.412. The minimum atomic E-state index is -1.09. The summed E-state index contributed by atoms with van der Waals surface area (Å²) in [5.41, 5.74) is 12.6. The van der Waals surface area contributed by atoms with Crippen molar-refractivity contribution in [2.24, 2.45) is 5.73 Å². The van der Waals surface area contributed by atoms with Crippen LogP contribution in [0.5, 0.6) is 5.75 Å². The molecule has 0 aromatic heterocycles. The monoisotopic (exact) mass is 542 g/mol. The standard InChI is InChI=1S/C34H42N2O4/c1-5-7-11-25(29-15-10-13-27-22-26-12-8-9-14-30(26)31(27)29)20-21-36(33(35)38)23-24-16-18-28(19-17-24)40-34(3,4)32(37)39-6-2/h8-10,12-19,25H,5-7,11,20-23H2,1-4H3,(H2,35,38). The minimum absolute atomic E-state index is 0.298. The molecule has 212 valence electrons. The average Bonchev–Trinajstić information content (AvgIpc) is 3.32. The number of carbonyl (C=O) groups excluding carboxylic acids is 2. The summed E-state index contributed by atoms with van der Waals surface area (Å²) in [6.45, 7) is 8.64. The van der Waals surface area contributed by atoms with Gasteiger partial charge < -0.3 is 20.1 Å². The number of nitrogens with zero attached hydrogens (tertiary/aromatic N) is 1. The van der Waals surface area contributed by atoms with Gasteiger partial charge in [0.2, 0.25) is 0 Å². The fourth-order valence-corrected chi connectivity index (χ4v) is 5.57. The Kier molecular flexibility index (Phi) is 9.51. The van der Waals surface area contributed by atoms with Crippen molar-refractivity contribution in [3.8, 4) is 16.9 Å². The predicted molar refractivity (Wildman–Crippen MR) is 159 cm³/mol. The lowest BCUT2D eigenvalue weighted by Gasteiger charge is -2.26. The van der Waals surface area contributed by atoms with Crippen molar-refractivity contribution in [3.05, 3.63) is 89.0 Å². The van der Waals surface area contributed by atoms with Crippen LogP contribution in [0.3, 0.4) is 0 Å². The molecule has 6 heteroatoms. The molecule has 0 aliphatic heterocycles. The zero-order valence-electron chi connectivity index (χ0n) is 24.2. The van der Waals surface area contributed by atoms with Gasteiger partial charge in [-0.15, -0.1) is 0 Å². The number of nitrogens with two attached hydrogens (primary N) is 1. The van der Waals surface area contributed by atoms with Gasteiger partial charge in [0, 0.05) is 13.1 Å². The summed E-state index contributed by atoms with van der Waals surface area (Å²) in [6.07, 6.45) is 5.16. The normalized spacial score (nSPS) is 12.8. The van der Waals surface area contributed by atoms with Crippen molar-refractivity contribution in [1.82, 2.24) is 4.90 Å². The van der Waals surface area contributed by atoms with Crippen molar-refractivity contribution in [1.29, 1.82) is 0 Å². The zero-order valence-corrected chi connectivity index (χ0v) is 24.2. The second kappa shape index (κ2) is 13.0. The number of ether oxygens (including phenoxy) is 2. The average molecular weight is 543 g/mol. The third kappa shape index (κ3) is 6.85. The number of unbranched alkanes of at least 4 members (excludes halogenated alkanes) is 1. The van der Waals surface area contributed by atoms with Crippen LogP contribution in [-0.4, -0.2) is 35.7 Å². The van der Waals surface area contributed by atoms with Gasteiger partial charge in [-0.1, -0.05) is 74.4 Å². The van der Waals surface area contributed by atoms with E-state index in [2.05, 4.69) is 49.4 Å². The van der Waals surface area contributed by atoms with Crippen molar-refractivity contribution >= 4 is 12.0 Å². The Morgan fingerprint density at radius 1 is 0.950 bits per heavy atom. The highest BCUT2D eigenvalue weighted by Crippen LogP contribution is 2.43. The first kappa shape index (κ1) is 29.2. The molecule has 1 atom stereocenters. The highest BCUT2D eigenvalue weighted by Gasteiger charge is 2.31. The fourth-order valence-electron chi connectivity index (χ4n) is 5.57. The van der Waals surface area contributed by atoms with Crippen molar-refractivity contribution < 1.29 is 19.1 Å². The maximum atomic E-state index is 12.5. The van der Waals surface area contributed by atoms with E-state index in [9.17, 15) is 9.59 Å². The Bertz CT molecular complexity index is 1320. The topological polar surface area (TPSA) is 81.9 Å². The van der Waals surface area contributed by atoms with Gasteiger partial charge in [0.1, 0.15) is 5.75 Å². The van der Waals surface area contributed by atoms with E-state index in [0.717, 1.165) is 37.7 Å². The van der Waals surface area contributed by atoms with Crippen LogP contribution in [0.2, 0.25) is 0 Å². The molecule has 0 saturated carbocycles. The lowest BCUT2D eigenvalue weighted by atomic mass is 9.85. The number of rotatable bonds is 13. The maximum Gasteiger partial charge on any atom is 0.349 e. The van der Waals surface area contributed by atoms with E-state index in [1.54, 1.807) is 25.7 Å². The molecule has 2 N–H and O–H groups in total. The molecule has 40 heavy (non-hydrogen) atoms. The third-order valence-corrected chi connectivity index (χ3v) is 7.69. The number of hydrogen-bond acceptors (Lipinski definition) is 4. The second-order valence-corrected chi connectivity index (χ2v) is 11.1. The van der Waals surface area contributed by atoms with Crippen LogP contribution in [0.1, 0.15) is 81.5 Å². The first-order valence-corrected chi connectivity index (χ1v) is 14.4. The Labute approximate surface area is 238 Å². The van der Waals surface area contributed by atoms with Crippen LogP contribution in [-0.2, 0) is 22.5 Å². The van der Waals surface area contributed by atoms with Gasteiger partial charge >= 0.3 is 12.0 Å². The quantitative estimate of drug-likeness (QED) is 0.181. The smallest absolute Gasteiger partial charge is 0.349 e. The van der Waals surface area contributed by atoms with E-state index in [4.69, 9.17) is 15.2 Å². The first-order chi connectivity index (χ1) is 19.2. The first-order valence-electron chi connectivity index (χ1n) is 14.4. The molecule has 1 aliphatic rings. The van der Waals surface area contributed by atoms with Crippen molar-refractivity contribution in [2.75, 3.05) is 13.2 Å². The number of carbonyl (C=O) groups is 2. The molecular weight excluding hydrogens is 500 g/mol. The van der Waals surface area contributed by atoms with Crippen molar-refractivity contribution in [3.63, 3.8) is 0 Å². The summed E-state index contributed by atoms with van der Waals surface area (Å²) in [6, 6.07) is 22.4. The maximum absolute atomic E-state index is 12.5. The van der Waals surface area contributed by atoms with Crippen molar-refractivity contribution in [2.45, 2.75) is 77.9 Å². The van der Waals surface area contributed by atoms with E-state index in [1.165, 1.54) is 27.8 Å². The number of hydrogen-bond donors (Lipinski definition) is 1. The Hall–Kier alpha value is -3.80. The summed E-state index contributed by atoms with van der Waals surface area (Å²) in [5.74, 6) is 0.484. The second-order valence-electron chi connectivity index (χ2n) is 11.1. The predicted octanol–water partition coefficient (Wildman–Crippen LogP) is 7.22. The number of primary amides is 1. The van der Waals surface area contributed by atoms with Crippen LogP contribution < -0.4 is 10.5 Å². The molecule has 1 aliphatic carbocycles. The SMILES string of the molecule is CCCCC(CCN(Cc1ccc(OC(C)(C)C(=O)OCC)cc1)C(N)=O)c1cccc2c1-c1ccccc1C2. The molecule has 0 spiro atoms. The lowest BCUT2D eigenvalue weighted by molar-refractivity contribution is -0.158. The van der Waals surface area contributed by atoms with E-state index in [1.807, 2.05) is 24.3 Å². The zero-order chi connectivity index (χ0) is 28.7. The van der Waals surface area contributed by atoms with Gasteiger partial charge in [-0.2, -0.15) is 0 Å². The molecule has 6 nitrogen and oxygen atoms in total. The largest absolute Gasteiger partial charge is 0.476 e. The summed E-state index contributed by atoms with van der Waals surface area (Å²) in [4.78, 5) is 26.4. The van der Waals surface area contributed by atoms with E-state index >= 15 is 0 Å². The number of amides is 2. The van der Waals surface area contributed by atoms with E-state index < -0.39 is 17.6 Å². The summed E-state index contributed by atoms with van der Waals surface area (Å²) in [5, 5.41) is 0. The Morgan fingerprint density at radius 2 is 1.68 bits per heavy atom. The number of urea groups is 1. The van der Waals surface area contributed by atoms with Crippen LogP contribution in [0.25, 0.3) is 11.1 Å².